The molecule has 0 saturated carbocycles. The first-order valence-corrected chi connectivity index (χ1v) is 11.2. The van der Waals surface area contributed by atoms with Crippen LogP contribution in [0.1, 0.15) is 6.42 Å². The number of hydrogen-bond acceptors (Lipinski definition) is 3. The van der Waals surface area contributed by atoms with E-state index >= 15 is 0 Å². The molecule has 0 fully saturated rings. The molecule has 0 unspecified atom stereocenters. The van der Waals surface area contributed by atoms with Crippen LogP contribution in [0.4, 0.5) is 14.5 Å². The molecule has 0 amide bonds. The van der Waals surface area contributed by atoms with Crippen LogP contribution in [0.3, 0.4) is 0 Å². The van der Waals surface area contributed by atoms with Crippen LogP contribution in [-0.4, -0.2) is 14.1 Å². The third kappa shape index (κ3) is 4.11. The average Bonchev–Trinajstić information content (AvgIpc) is 3.46. The lowest BCUT2D eigenvalue weighted by atomic mass is 10.0. The molecule has 160 valence electrons. The van der Waals surface area contributed by atoms with E-state index in [1.807, 2.05) is 29.0 Å². The second-order valence-electron chi connectivity index (χ2n) is 7.44. The molecule has 0 N–H and O–H groups in total. The number of aryl methyl sites for hydroxylation is 1. The summed E-state index contributed by atoms with van der Waals surface area (Å²) in [5.74, 6) is -1.28. The van der Waals surface area contributed by atoms with Crippen molar-refractivity contribution in [3.05, 3.63) is 101 Å². The van der Waals surface area contributed by atoms with Gasteiger partial charge in [0.2, 0.25) is 0 Å². The third-order valence-electron chi connectivity index (χ3n) is 5.35. The molecule has 32 heavy (non-hydrogen) atoms. The standard InChI is InChI=1S/C25H20F2N4S/c26-19-9-10-23(22(27)15-19)29-25-31(13-4-12-30-14-11-28-17-30)24(16-32-25)21-8-3-6-18-5-1-2-7-20(18)21/h1-3,5-11,14-17H,4,12-13H2. The van der Waals surface area contributed by atoms with Gasteiger partial charge in [-0.3, -0.25) is 0 Å². The Labute approximate surface area is 187 Å². The van der Waals surface area contributed by atoms with Crippen molar-refractivity contribution in [2.75, 3.05) is 0 Å². The quantitative estimate of drug-likeness (QED) is 0.307. The fourth-order valence-corrected chi connectivity index (χ4v) is 4.74. The summed E-state index contributed by atoms with van der Waals surface area (Å²) in [5.41, 5.74) is 2.25. The first-order chi connectivity index (χ1) is 15.7. The first-order valence-electron chi connectivity index (χ1n) is 10.3. The van der Waals surface area contributed by atoms with Crippen LogP contribution >= 0.6 is 11.3 Å². The summed E-state index contributed by atoms with van der Waals surface area (Å²) in [5, 5.41) is 4.36. The summed E-state index contributed by atoms with van der Waals surface area (Å²) >= 11 is 1.45. The van der Waals surface area contributed by atoms with E-state index in [1.165, 1.54) is 23.5 Å². The van der Waals surface area contributed by atoms with Gasteiger partial charge in [0.05, 0.1) is 12.0 Å². The van der Waals surface area contributed by atoms with Gasteiger partial charge in [0.15, 0.2) is 10.6 Å². The van der Waals surface area contributed by atoms with Crippen LogP contribution in [0.5, 0.6) is 0 Å². The van der Waals surface area contributed by atoms with Gasteiger partial charge >= 0.3 is 0 Å². The molecule has 3 aromatic carbocycles. The van der Waals surface area contributed by atoms with Crippen LogP contribution in [-0.2, 0) is 13.1 Å². The average molecular weight is 447 g/mol. The summed E-state index contributed by atoms with van der Waals surface area (Å²) in [4.78, 5) is 9.31. The van der Waals surface area contributed by atoms with Gasteiger partial charge in [0, 0.05) is 42.5 Å². The lowest BCUT2D eigenvalue weighted by Crippen LogP contribution is -2.17. The Balaban J connectivity index is 1.61. The van der Waals surface area contributed by atoms with E-state index < -0.39 is 11.6 Å². The second kappa shape index (κ2) is 8.88. The van der Waals surface area contributed by atoms with E-state index in [9.17, 15) is 8.78 Å². The molecule has 2 aromatic heterocycles. The predicted octanol–water partition coefficient (Wildman–Crippen LogP) is 6.17. The predicted molar refractivity (Wildman–Crippen MR) is 124 cm³/mol. The van der Waals surface area contributed by atoms with Crippen LogP contribution < -0.4 is 4.80 Å². The van der Waals surface area contributed by atoms with Crippen molar-refractivity contribution in [1.29, 1.82) is 0 Å². The van der Waals surface area contributed by atoms with Crippen molar-refractivity contribution in [2.24, 2.45) is 4.99 Å². The Hall–Kier alpha value is -3.58. The fourth-order valence-electron chi connectivity index (χ4n) is 3.80. The largest absolute Gasteiger partial charge is 0.337 e. The zero-order chi connectivity index (χ0) is 21.9. The van der Waals surface area contributed by atoms with Gasteiger partial charge in [0.1, 0.15) is 11.5 Å². The molecule has 0 bridgehead atoms. The molecule has 0 atom stereocenters. The van der Waals surface area contributed by atoms with E-state index in [-0.39, 0.29) is 5.69 Å². The van der Waals surface area contributed by atoms with Crippen molar-refractivity contribution in [3.63, 3.8) is 0 Å². The summed E-state index contributed by atoms with van der Waals surface area (Å²) < 4.78 is 31.8. The van der Waals surface area contributed by atoms with Gasteiger partial charge < -0.3 is 9.13 Å². The maximum Gasteiger partial charge on any atom is 0.190 e. The van der Waals surface area contributed by atoms with E-state index in [0.717, 1.165) is 41.1 Å². The summed E-state index contributed by atoms with van der Waals surface area (Å²) in [6, 6.07) is 17.9. The lowest BCUT2D eigenvalue weighted by molar-refractivity contribution is 0.558. The van der Waals surface area contributed by atoms with Crippen LogP contribution in [0.25, 0.3) is 22.0 Å². The number of rotatable bonds is 6. The fraction of sp³-hybridized carbons (Fsp3) is 0.120. The Kier molecular flexibility index (Phi) is 5.64. The van der Waals surface area contributed by atoms with Gasteiger partial charge in [0.25, 0.3) is 0 Å². The monoisotopic (exact) mass is 446 g/mol. The zero-order valence-corrected chi connectivity index (χ0v) is 18.0. The topological polar surface area (TPSA) is 35.1 Å². The summed E-state index contributed by atoms with van der Waals surface area (Å²) in [6.45, 7) is 1.50. The molecule has 5 aromatic rings. The molecule has 0 aliphatic heterocycles. The number of nitrogens with zero attached hydrogens (tertiary/aromatic N) is 4. The van der Waals surface area contributed by atoms with E-state index in [4.69, 9.17) is 0 Å². The van der Waals surface area contributed by atoms with Crippen LogP contribution in [0.15, 0.2) is 89.8 Å². The minimum Gasteiger partial charge on any atom is -0.337 e. The molecule has 5 rings (SSSR count). The van der Waals surface area contributed by atoms with Gasteiger partial charge in [-0.25, -0.2) is 18.8 Å². The highest BCUT2D eigenvalue weighted by molar-refractivity contribution is 7.07. The third-order valence-corrected chi connectivity index (χ3v) is 6.21. The smallest absolute Gasteiger partial charge is 0.190 e. The Bertz CT molecular complexity index is 1430. The van der Waals surface area contributed by atoms with E-state index in [1.54, 1.807) is 12.5 Å². The molecular formula is C25H20F2N4S. The van der Waals surface area contributed by atoms with Gasteiger partial charge in [-0.2, -0.15) is 0 Å². The molecule has 0 radical (unpaired) electrons. The molecule has 0 aliphatic rings. The van der Waals surface area contributed by atoms with Crippen molar-refractivity contribution in [3.8, 4) is 11.3 Å². The lowest BCUT2D eigenvalue weighted by Gasteiger charge is -2.12. The summed E-state index contributed by atoms with van der Waals surface area (Å²) in [6.07, 6.45) is 6.34. The van der Waals surface area contributed by atoms with Crippen molar-refractivity contribution in [1.82, 2.24) is 14.1 Å². The highest BCUT2D eigenvalue weighted by Gasteiger charge is 2.12. The minimum atomic E-state index is -0.671. The molecule has 0 aliphatic carbocycles. The molecule has 4 nitrogen and oxygen atoms in total. The zero-order valence-electron chi connectivity index (χ0n) is 17.2. The SMILES string of the molecule is Fc1ccc(N=c2scc(-c3cccc4ccccc34)n2CCCn2ccnc2)c(F)c1. The van der Waals surface area contributed by atoms with Gasteiger partial charge in [-0.05, 0) is 29.3 Å². The number of imidazole rings is 1. The molecule has 2 heterocycles. The number of hydrogen-bond donors (Lipinski definition) is 0. The maximum atomic E-state index is 14.3. The van der Waals surface area contributed by atoms with Crippen molar-refractivity contribution < 1.29 is 8.78 Å². The van der Waals surface area contributed by atoms with Crippen molar-refractivity contribution in [2.45, 2.75) is 19.5 Å². The Morgan fingerprint density at radius 3 is 2.69 bits per heavy atom. The van der Waals surface area contributed by atoms with Crippen LogP contribution in [0, 0.1) is 11.6 Å². The number of thiazole rings is 1. The Morgan fingerprint density at radius 1 is 0.969 bits per heavy atom. The van der Waals surface area contributed by atoms with Crippen LogP contribution in [0.2, 0.25) is 0 Å². The van der Waals surface area contributed by atoms with Crippen molar-refractivity contribution >= 4 is 27.8 Å². The summed E-state index contributed by atoms with van der Waals surface area (Å²) in [7, 11) is 0. The molecular weight excluding hydrogens is 426 g/mol. The second-order valence-corrected chi connectivity index (χ2v) is 8.28. The number of benzene rings is 3. The molecule has 0 spiro atoms. The number of aromatic nitrogens is 3. The first kappa shape index (κ1) is 20.3. The van der Waals surface area contributed by atoms with Gasteiger partial charge in [-0.15, -0.1) is 11.3 Å². The molecule has 0 saturated heterocycles. The highest BCUT2D eigenvalue weighted by atomic mass is 32.1. The number of halogens is 2. The van der Waals surface area contributed by atoms with Gasteiger partial charge in [-0.1, -0.05) is 42.5 Å². The normalized spacial score (nSPS) is 12.0. The maximum absolute atomic E-state index is 14.3. The number of fused-ring (bicyclic) bond motifs is 1. The van der Waals surface area contributed by atoms with E-state index in [2.05, 4.69) is 44.2 Å². The highest BCUT2D eigenvalue weighted by Crippen LogP contribution is 2.29. The minimum absolute atomic E-state index is 0.126. The van der Waals surface area contributed by atoms with E-state index in [0.29, 0.717) is 11.3 Å². The molecule has 7 heteroatoms. The Morgan fingerprint density at radius 2 is 1.84 bits per heavy atom.